The van der Waals surface area contributed by atoms with Gasteiger partial charge in [-0.15, -0.1) is 0 Å². The number of rotatable bonds is 4. The molecule has 1 aliphatic carbocycles. The van der Waals surface area contributed by atoms with E-state index in [-0.39, 0.29) is 11.9 Å². The number of likely N-dealkylation sites (N-methyl/N-ethyl adjacent to an activating group) is 1. The zero-order valence-corrected chi connectivity index (χ0v) is 16.1. The van der Waals surface area contributed by atoms with Gasteiger partial charge < -0.3 is 9.80 Å². The van der Waals surface area contributed by atoms with Crippen LogP contribution in [-0.4, -0.2) is 60.5 Å². The predicted octanol–water partition coefficient (Wildman–Crippen LogP) is 2.74. The zero-order chi connectivity index (χ0) is 18.6. The van der Waals surface area contributed by atoms with Crippen LogP contribution in [0.4, 0.5) is 5.82 Å². The third kappa shape index (κ3) is 3.98. The van der Waals surface area contributed by atoms with E-state index in [1.807, 2.05) is 30.3 Å². The van der Waals surface area contributed by atoms with E-state index < -0.39 is 0 Å². The minimum Gasteiger partial charge on any atom is -0.354 e. The van der Waals surface area contributed by atoms with E-state index in [4.69, 9.17) is 0 Å². The van der Waals surface area contributed by atoms with Gasteiger partial charge in [0.15, 0.2) is 0 Å². The van der Waals surface area contributed by atoms with Crippen LogP contribution in [0.5, 0.6) is 0 Å². The van der Waals surface area contributed by atoms with Crippen molar-refractivity contribution < 1.29 is 4.79 Å². The summed E-state index contributed by atoms with van der Waals surface area (Å²) in [6, 6.07) is 14.8. The van der Waals surface area contributed by atoms with Crippen LogP contribution in [0.3, 0.4) is 0 Å². The third-order valence-corrected chi connectivity index (χ3v) is 5.90. The summed E-state index contributed by atoms with van der Waals surface area (Å²) in [6.07, 6.45) is 5.18. The number of nitrogens with zero attached hydrogens (tertiary/aromatic N) is 4. The Morgan fingerprint density at radius 3 is 2.67 bits per heavy atom. The minimum atomic E-state index is 0.220. The monoisotopic (exact) mass is 364 g/mol. The number of hydrogen-bond donors (Lipinski definition) is 0. The second-order valence-corrected chi connectivity index (χ2v) is 7.56. The molecule has 5 nitrogen and oxygen atoms in total. The van der Waals surface area contributed by atoms with E-state index in [2.05, 4.69) is 45.1 Å². The van der Waals surface area contributed by atoms with Gasteiger partial charge in [0.05, 0.1) is 12.6 Å². The van der Waals surface area contributed by atoms with Crippen molar-refractivity contribution >= 4 is 11.7 Å². The molecule has 1 aromatic heterocycles. The van der Waals surface area contributed by atoms with Gasteiger partial charge in [0.1, 0.15) is 5.82 Å². The van der Waals surface area contributed by atoms with E-state index in [1.165, 1.54) is 11.1 Å². The fourth-order valence-electron chi connectivity index (χ4n) is 4.28. The van der Waals surface area contributed by atoms with Crippen molar-refractivity contribution in [1.29, 1.82) is 0 Å². The highest BCUT2D eigenvalue weighted by atomic mass is 16.2. The lowest BCUT2D eigenvalue weighted by Crippen LogP contribution is -2.50. The smallest absolute Gasteiger partial charge is 0.237 e. The topological polar surface area (TPSA) is 39.7 Å². The molecule has 0 spiro atoms. The van der Waals surface area contributed by atoms with Crippen molar-refractivity contribution in [2.75, 3.05) is 44.7 Å². The van der Waals surface area contributed by atoms with Gasteiger partial charge in [-0.3, -0.25) is 9.69 Å². The number of piperazine rings is 1. The molecule has 1 aliphatic heterocycles. The quantitative estimate of drug-likeness (QED) is 0.836. The molecular weight excluding hydrogens is 336 g/mol. The molecule has 0 saturated carbocycles. The maximum absolute atomic E-state index is 12.9. The fourth-order valence-corrected chi connectivity index (χ4v) is 4.28. The van der Waals surface area contributed by atoms with E-state index in [9.17, 15) is 4.79 Å². The second kappa shape index (κ2) is 8.09. The van der Waals surface area contributed by atoms with Crippen LogP contribution in [-0.2, 0) is 11.2 Å². The molecule has 5 heteroatoms. The van der Waals surface area contributed by atoms with Gasteiger partial charge in [0.2, 0.25) is 5.91 Å². The Labute approximate surface area is 161 Å². The summed E-state index contributed by atoms with van der Waals surface area (Å²) in [5, 5.41) is 0. The first-order valence-corrected chi connectivity index (χ1v) is 9.94. The summed E-state index contributed by atoms with van der Waals surface area (Å²) < 4.78 is 0. The lowest BCUT2D eigenvalue weighted by atomic mass is 9.87. The van der Waals surface area contributed by atoms with Crippen LogP contribution < -0.4 is 4.90 Å². The first kappa shape index (κ1) is 18.0. The molecule has 2 heterocycles. The molecule has 142 valence electrons. The molecule has 27 heavy (non-hydrogen) atoms. The number of carbonyl (C=O) groups excluding carboxylic acids is 1. The first-order chi connectivity index (χ1) is 13.2. The number of aryl methyl sites for hydroxylation is 1. The SMILES string of the molecule is CN(C(=O)CN1CCN(c2ccccn2)CC1)C1CCCc2ccccc21. The Hall–Kier alpha value is -2.40. The summed E-state index contributed by atoms with van der Waals surface area (Å²) in [4.78, 5) is 23.9. The van der Waals surface area contributed by atoms with Gasteiger partial charge in [-0.25, -0.2) is 4.98 Å². The van der Waals surface area contributed by atoms with Gasteiger partial charge in [0, 0.05) is 39.4 Å². The number of benzene rings is 1. The number of pyridine rings is 1. The minimum absolute atomic E-state index is 0.220. The van der Waals surface area contributed by atoms with Crippen molar-refractivity contribution in [2.45, 2.75) is 25.3 Å². The highest BCUT2D eigenvalue weighted by Gasteiger charge is 2.28. The van der Waals surface area contributed by atoms with Gasteiger partial charge in [-0.1, -0.05) is 30.3 Å². The van der Waals surface area contributed by atoms with Crippen LogP contribution in [0.2, 0.25) is 0 Å². The van der Waals surface area contributed by atoms with E-state index in [1.54, 1.807) is 0 Å². The van der Waals surface area contributed by atoms with Crippen molar-refractivity contribution in [3.63, 3.8) is 0 Å². The number of hydrogen-bond acceptors (Lipinski definition) is 4. The summed E-state index contributed by atoms with van der Waals surface area (Å²) >= 11 is 0. The summed E-state index contributed by atoms with van der Waals surface area (Å²) in [7, 11) is 1.97. The highest BCUT2D eigenvalue weighted by molar-refractivity contribution is 5.78. The Balaban J connectivity index is 1.34. The van der Waals surface area contributed by atoms with Gasteiger partial charge in [0.25, 0.3) is 0 Å². The van der Waals surface area contributed by atoms with E-state index >= 15 is 0 Å². The average molecular weight is 364 g/mol. The van der Waals surface area contributed by atoms with Crippen LogP contribution in [0.25, 0.3) is 0 Å². The van der Waals surface area contributed by atoms with Gasteiger partial charge in [-0.2, -0.15) is 0 Å². The van der Waals surface area contributed by atoms with Crippen LogP contribution >= 0.6 is 0 Å². The number of amides is 1. The molecule has 1 aromatic carbocycles. The van der Waals surface area contributed by atoms with E-state index in [0.29, 0.717) is 6.54 Å². The largest absolute Gasteiger partial charge is 0.354 e. The highest BCUT2D eigenvalue weighted by Crippen LogP contribution is 2.33. The van der Waals surface area contributed by atoms with Crippen LogP contribution in [0.1, 0.15) is 30.0 Å². The number of carbonyl (C=O) groups is 1. The number of fused-ring (bicyclic) bond motifs is 1. The molecule has 0 radical (unpaired) electrons. The maximum atomic E-state index is 12.9. The summed E-state index contributed by atoms with van der Waals surface area (Å²) in [5.41, 5.74) is 2.73. The van der Waals surface area contributed by atoms with E-state index in [0.717, 1.165) is 51.3 Å². The average Bonchev–Trinajstić information content (AvgIpc) is 2.74. The Morgan fingerprint density at radius 2 is 1.89 bits per heavy atom. The van der Waals surface area contributed by atoms with Crippen molar-refractivity contribution in [3.05, 3.63) is 59.8 Å². The van der Waals surface area contributed by atoms with Crippen molar-refractivity contribution in [3.8, 4) is 0 Å². The molecule has 1 unspecified atom stereocenters. The Morgan fingerprint density at radius 1 is 1.11 bits per heavy atom. The van der Waals surface area contributed by atoms with Gasteiger partial charge in [-0.05, 0) is 42.5 Å². The molecule has 1 amide bonds. The fraction of sp³-hybridized carbons (Fsp3) is 0.455. The molecular formula is C22H28N4O. The first-order valence-electron chi connectivity index (χ1n) is 9.94. The number of aromatic nitrogens is 1. The maximum Gasteiger partial charge on any atom is 0.237 e. The molecule has 1 fully saturated rings. The molecule has 0 bridgehead atoms. The molecule has 0 N–H and O–H groups in total. The Bertz CT molecular complexity index is 771. The normalized spacial score (nSPS) is 20.2. The predicted molar refractivity (Wildman–Crippen MR) is 108 cm³/mol. The molecule has 1 atom stereocenters. The summed E-state index contributed by atoms with van der Waals surface area (Å²) in [5.74, 6) is 1.25. The number of anilines is 1. The van der Waals surface area contributed by atoms with Gasteiger partial charge >= 0.3 is 0 Å². The van der Waals surface area contributed by atoms with Crippen LogP contribution in [0.15, 0.2) is 48.7 Å². The lowest BCUT2D eigenvalue weighted by molar-refractivity contribution is -0.133. The molecule has 2 aliphatic rings. The third-order valence-electron chi connectivity index (χ3n) is 5.90. The summed E-state index contributed by atoms with van der Waals surface area (Å²) in [6.45, 7) is 4.14. The Kier molecular flexibility index (Phi) is 5.39. The molecule has 2 aromatic rings. The lowest BCUT2D eigenvalue weighted by Gasteiger charge is -2.37. The van der Waals surface area contributed by atoms with Crippen LogP contribution in [0, 0.1) is 0 Å². The van der Waals surface area contributed by atoms with Crippen molar-refractivity contribution in [1.82, 2.24) is 14.8 Å². The second-order valence-electron chi connectivity index (χ2n) is 7.56. The standard InChI is InChI=1S/C22H28N4O/c1-24(20-10-6-8-18-7-2-3-9-19(18)20)22(27)17-25-13-15-26(16-14-25)21-11-4-5-12-23-21/h2-5,7,9,11-12,20H,6,8,10,13-17H2,1H3. The zero-order valence-electron chi connectivity index (χ0n) is 16.1. The van der Waals surface area contributed by atoms with Crippen molar-refractivity contribution in [2.24, 2.45) is 0 Å². The molecule has 4 rings (SSSR count). The molecule has 1 saturated heterocycles.